The molecule has 0 radical (unpaired) electrons. The number of hydrogen-bond donors (Lipinski definition) is 0. The molecule has 3 aromatic rings. The van der Waals surface area contributed by atoms with Crippen molar-refractivity contribution in [3.05, 3.63) is 71.1 Å². The van der Waals surface area contributed by atoms with Crippen LogP contribution in [-0.2, 0) is 12.5 Å². The zero-order valence-corrected chi connectivity index (χ0v) is 19.5. The maximum Gasteiger partial charge on any atom is 0.272 e. The third-order valence-electron chi connectivity index (χ3n) is 6.15. The van der Waals surface area contributed by atoms with Gasteiger partial charge in [0.25, 0.3) is 5.91 Å². The van der Waals surface area contributed by atoms with E-state index in [1.54, 1.807) is 16.8 Å². The van der Waals surface area contributed by atoms with E-state index in [9.17, 15) is 9.18 Å². The highest BCUT2D eigenvalue weighted by Gasteiger charge is 2.29. The van der Waals surface area contributed by atoms with Crippen molar-refractivity contribution in [3.63, 3.8) is 0 Å². The number of rotatable bonds is 3. The second kappa shape index (κ2) is 8.49. The second-order valence-electron chi connectivity index (χ2n) is 9.81. The van der Waals surface area contributed by atoms with Gasteiger partial charge in [0.2, 0.25) is 0 Å². The van der Waals surface area contributed by atoms with Crippen molar-refractivity contribution in [2.75, 3.05) is 13.1 Å². The number of carbonyl (C=O) groups excluding carboxylic acids is 1. The number of hydrogen-bond acceptors (Lipinski definition) is 3. The second-order valence-corrected chi connectivity index (χ2v) is 9.81. The molecule has 5 nitrogen and oxygen atoms in total. The van der Waals surface area contributed by atoms with Crippen LogP contribution in [0, 0.1) is 12.7 Å². The number of benzene rings is 1. The number of pyridine rings is 1. The molecule has 0 aliphatic carbocycles. The lowest BCUT2D eigenvalue weighted by molar-refractivity contribution is 0.0694. The standard InChI is InChI=1S/C26H31FN4O/c1-17-13-20(18-8-10-21(27)11-9-18)14-22(28-17)19-7-6-12-31(16-19)25(32)23-15-24(26(2,3)4)29-30(23)5/h8-11,13-15,19H,6-7,12,16H2,1-5H3/t19-/m0/s1. The third-order valence-corrected chi connectivity index (χ3v) is 6.15. The highest BCUT2D eigenvalue weighted by atomic mass is 19.1. The van der Waals surface area contributed by atoms with E-state index in [1.165, 1.54) is 12.1 Å². The third kappa shape index (κ3) is 4.59. The maximum atomic E-state index is 13.3. The van der Waals surface area contributed by atoms with Gasteiger partial charge in [0, 0.05) is 42.9 Å². The van der Waals surface area contributed by atoms with Crippen molar-refractivity contribution in [3.8, 4) is 11.1 Å². The summed E-state index contributed by atoms with van der Waals surface area (Å²) in [5, 5.41) is 4.57. The fourth-order valence-electron chi connectivity index (χ4n) is 4.31. The van der Waals surface area contributed by atoms with E-state index in [-0.39, 0.29) is 23.1 Å². The Bertz CT molecular complexity index is 1130. The molecule has 0 bridgehead atoms. The van der Waals surface area contributed by atoms with Gasteiger partial charge in [-0.15, -0.1) is 0 Å². The summed E-state index contributed by atoms with van der Waals surface area (Å²) in [5.74, 6) is -0.0558. The topological polar surface area (TPSA) is 51.0 Å². The highest BCUT2D eigenvalue weighted by molar-refractivity contribution is 5.93. The van der Waals surface area contributed by atoms with Crippen LogP contribution in [-0.4, -0.2) is 38.7 Å². The van der Waals surface area contributed by atoms with Crippen LogP contribution in [0.2, 0.25) is 0 Å². The largest absolute Gasteiger partial charge is 0.337 e. The van der Waals surface area contributed by atoms with E-state index in [4.69, 9.17) is 4.98 Å². The minimum absolute atomic E-state index is 0.0200. The van der Waals surface area contributed by atoms with E-state index in [2.05, 4.69) is 31.9 Å². The zero-order valence-electron chi connectivity index (χ0n) is 19.5. The molecule has 168 valence electrons. The molecule has 1 atom stereocenters. The van der Waals surface area contributed by atoms with Crippen molar-refractivity contribution in [1.29, 1.82) is 0 Å². The predicted molar refractivity (Wildman–Crippen MR) is 124 cm³/mol. The van der Waals surface area contributed by atoms with Crippen molar-refractivity contribution in [2.24, 2.45) is 7.05 Å². The van der Waals surface area contributed by atoms with Crippen LogP contribution < -0.4 is 0 Å². The summed E-state index contributed by atoms with van der Waals surface area (Å²) in [5.41, 5.74) is 5.34. The van der Waals surface area contributed by atoms with Gasteiger partial charge in [-0.3, -0.25) is 14.5 Å². The molecule has 4 rings (SSSR count). The van der Waals surface area contributed by atoms with E-state index < -0.39 is 0 Å². The van der Waals surface area contributed by atoms with Crippen LogP contribution in [0.25, 0.3) is 11.1 Å². The summed E-state index contributed by atoms with van der Waals surface area (Å²) in [6.07, 6.45) is 1.92. The van der Waals surface area contributed by atoms with Gasteiger partial charge < -0.3 is 4.90 Å². The summed E-state index contributed by atoms with van der Waals surface area (Å²) in [6, 6.07) is 12.6. The number of carbonyl (C=O) groups is 1. The van der Waals surface area contributed by atoms with Crippen LogP contribution in [0.5, 0.6) is 0 Å². The lowest BCUT2D eigenvalue weighted by Gasteiger charge is -2.32. The monoisotopic (exact) mass is 434 g/mol. The molecule has 0 spiro atoms. The molecule has 3 heterocycles. The minimum atomic E-state index is -0.244. The lowest BCUT2D eigenvalue weighted by Crippen LogP contribution is -2.40. The normalized spacial score (nSPS) is 16.9. The molecule has 1 saturated heterocycles. The lowest BCUT2D eigenvalue weighted by atomic mass is 9.91. The highest BCUT2D eigenvalue weighted by Crippen LogP contribution is 2.31. The molecule has 1 aliphatic rings. The van der Waals surface area contributed by atoms with E-state index >= 15 is 0 Å². The molecule has 1 amide bonds. The summed E-state index contributed by atoms with van der Waals surface area (Å²) in [6.45, 7) is 9.65. The molecule has 0 N–H and O–H groups in total. The van der Waals surface area contributed by atoms with E-state index in [1.807, 2.05) is 31.0 Å². The average molecular weight is 435 g/mol. The van der Waals surface area contributed by atoms with E-state index in [0.717, 1.165) is 47.6 Å². The fraction of sp³-hybridized carbons (Fsp3) is 0.423. The van der Waals surface area contributed by atoms with Crippen LogP contribution >= 0.6 is 0 Å². The summed E-state index contributed by atoms with van der Waals surface area (Å²) in [7, 11) is 1.83. The Balaban J connectivity index is 1.57. The summed E-state index contributed by atoms with van der Waals surface area (Å²) < 4.78 is 15.0. The number of likely N-dealkylation sites (tertiary alicyclic amines) is 1. The summed E-state index contributed by atoms with van der Waals surface area (Å²) >= 11 is 0. The number of halogens is 1. The van der Waals surface area contributed by atoms with Crippen LogP contribution in [0.4, 0.5) is 4.39 Å². The molecule has 1 aromatic carbocycles. The molecule has 0 unspecified atom stereocenters. The van der Waals surface area contributed by atoms with Gasteiger partial charge in [0.1, 0.15) is 11.5 Å². The van der Waals surface area contributed by atoms with Crippen LogP contribution in [0.15, 0.2) is 42.5 Å². The SMILES string of the molecule is Cc1cc(-c2ccc(F)cc2)cc([C@H]2CCCN(C(=O)c3cc(C(C)(C)C)nn3C)C2)n1. The van der Waals surface area contributed by atoms with Gasteiger partial charge in [0.15, 0.2) is 0 Å². The van der Waals surface area contributed by atoms with Gasteiger partial charge >= 0.3 is 0 Å². The first-order valence-corrected chi connectivity index (χ1v) is 11.2. The van der Waals surface area contributed by atoms with Crippen molar-refractivity contribution in [2.45, 2.75) is 51.9 Å². The number of amides is 1. The molecule has 32 heavy (non-hydrogen) atoms. The van der Waals surface area contributed by atoms with Gasteiger partial charge in [0.05, 0.1) is 5.69 Å². The molecule has 1 fully saturated rings. The molecular formula is C26H31FN4O. The smallest absolute Gasteiger partial charge is 0.272 e. The van der Waals surface area contributed by atoms with Gasteiger partial charge in [-0.25, -0.2) is 4.39 Å². The molecule has 2 aromatic heterocycles. The minimum Gasteiger partial charge on any atom is -0.337 e. The number of aryl methyl sites for hydroxylation is 2. The first kappa shape index (κ1) is 22.2. The van der Waals surface area contributed by atoms with Crippen LogP contribution in [0.3, 0.4) is 0 Å². The predicted octanol–water partition coefficient (Wildman–Crippen LogP) is 5.25. The number of piperidine rings is 1. The molecule has 6 heteroatoms. The molecule has 1 aliphatic heterocycles. The average Bonchev–Trinajstić information content (AvgIpc) is 3.15. The fourth-order valence-corrected chi connectivity index (χ4v) is 4.31. The quantitative estimate of drug-likeness (QED) is 0.566. The van der Waals surface area contributed by atoms with Crippen molar-refractivity contribution < 1.29 is 9.18 Å². The Hall–Kier alpha value is -3.02. The van der Waals surface area contributed by atoms with Gasteiger partial charge in [-0.2, -0.15) is 5.10 Å². The number of aromatic nitrogens is 3. The Kier molecular flexibility index (Phi) is 5.89. The van der Waals surface area contributed by atoms with Crippen molar-refractivity contribution in [1.82, 2.24) is 19.7 Å². The number of nitrogens with zero attached hydrogens (tertiary/aromatic N) is 4. The van der Waals surface area contributed by atoms with E-state index in [0.29, 0.717) is 12.2 Å². The first-order chi connectivity index (χ1) is 15.1. The van der Waals surface area contributed by atoms with Crippen LogP contribution in [0.1, 0.15) is 67.1 Å². The Morgan fingerprint density at radius 3 is 2.47 bits per heavy atom. The Labute approximate surface area is 189 Å². The Morgan fingerprint density at radius 1 is 1.09 bits per heavy atom. The summed E-state index contributed by atoms with van der Waals surface area (Å²) in [4.78, 5) is 20.1. The Morgan fingerprint density at radius 2 is 1.81 bits per heavy atom. The zero-order chi connectivity index (χ0) is 23.0. The van der Waals surface area contributed by atoms with Gasteiger partial charge in [-0.1, -0.05) is 32.9 Å². The maximum absolute atomic E-state index is 13.3. The van der Waals surface area contributed by atoms with Gasteiger partial charge in [-0.05, 0) is 61.2 Å². The molecule has 0 saturated carbocycles. The first-order valence-electron chi connectivity index (χ1n) is 11.2. The molecular weight excluding hydrogens is 403 g/mol. The van der Waals surface area contributed by atoms with Crippen molar-refractivity contribution >= 4 is 5.91 Å².